The molecule has 1 aromatic heterocycles. The van der Waals surface area contributed by atoms with Gasteiger partial charge in [-0.2, -0.15) is 0 Å². The summed E-state index contributed by atoms with van der Waals surface area (Å²) in [5, 5.41) is 0. The molecule has 0 amide bonds. The smallest absolute Gasteiger partial charge is 0.259 e. The highest BCUT2D eigenvalue weighted by Gasteiger charge is 2.17. The van der Waals surface area contributed by atoms with E-state index in [0.29, 0.717) is 5.56 Å². The Bertz CT molecular complexity index is 671. The zero-order valence-electron chi connectivity index (χ0n) is 10.6. The molecule has 1 aromatic carbocycles. The van der Waals surface area contributed by atoms with Crippen LogP contribution in [0.15, 0.2) is 41.2 Å². The Labute approximate surface area is 111 Å². The second kappa shape index (κ2) is 4.84. The van der Waals surface area contributed by atoms with Crippen LogP contribution in [0.4, 0.5) is 0 Å². The predicted molar refractivity (Wildman–Crippen MR) is 73.6 cm³/mol. The largest absolute Gasteiger partial charge is 0.325 e. The van der Waals surface area contributed by atoms with Crippen LogP contribution in [-0.4, -0.2) is 10.8 Å². The molecule has 1 heterocycles. The highest BCUT2D eigenvalue weighted by molar-refractivity contribution is 6.08. The average molecular weight is 253 g/mol. The fourth-order valence-electron chi connectivity index (χ4n) is 2.59. The van der Waals surface area contributed by atoms with Crippen LogP contribution in [0.3, 0.4) is 0 Å². The lowest BCUT2D eigenvalue weighted by atomic mass is 9.93. The molecule has 96 valence electrons. The van der Waals surface area contributed by atoms with Crippen molar-refractivity contribution in [2.75, 3.05) is 0 Å². The quantitative estimate of drug-likeness (QED) is 0.836. The van der Waals surface area contributed by atoms with Crippen molar-refractivity contribution in [1.29, 1.82) is 0 Å². The summed E-state index contributed by atoms with van der Waals surface area (Å²) >= 11 is 0. The van der Waals surface area contributed by atoms with Crippen LogP contribution < -0.4 is 5.56 Å². The van der Waals surface area contributed by atoms with E-state index < -0.39 is 0 Å². The van der Waals surface area contributed by atoms with E-state index in [9.17, 15) is 9.59 Å². The number of H-pyrrole nitrogens is 1. The lowest BCUT2D eigenvalue weighted by Crippen LogP contribution is -2.22. The van der Waals surface area contributed by atoms with Gasteiger partial charge in [-0.15, -0.1) is 0 Å². The van der Waals surface area contributed by atoms with Crippen molar-refractivity contribution in [1.82, 2.24) is 4.98 Å². The minimum atomic E-state index is -0.269. The molecule has 0 atom stereocenters. The van der Waals surface area contributed by atoms with E-state index >= 15 is 0 Å². The van der Waals surface area contributed by atoms with Crippen LogP contribution in [0.25, 0.3) is 0 Å². The van der Waals surface area contributed by atoms with Gasteiger partial charge in [-0.1, -0.05) is 30.3 Å². The molecule has 19 heavy (non-hydrogen) atoms. The molecule has 3 heteroatoms. The molecule has 1 N–H and O–H groups in total. The average Bonchev–Trinajstić information content (AvgIpc) is 2.47. The summed E-state index contributed by atoms with van der Waals surface area (Å²) in [6.45, 7) is 0. The van der Waals surface area contributed by atoms with E-state index in [4.69, 9.17) is 0 Å². The normalized spacial score (nSPS) is 13.9. The molecule has 3 rings (SSSR count). The molecule has 0 radical (unpaired) electrons. The second-order valence-electron chi connectivity index (χ2n) is 4.92. The lowest BCUT2D eigenvalue weighted by Gasteiger charge is -2.15. The zero-order chi connectivity index (χ0) is 13.2. The summed E-state index contributed by atoms with van der Waals surface area (Å²) in [5.74, 6) is -0.199. The van der Waals surface area contributed by atoms with Gasteiger partial charge < -0.3 is 4.98 Å². The van der Waals surface area contributed by atoms with Gasteiger partial charge in [-0.3, -0.25) is 9.59 Å². The molecule has 0 aliphatic heterocycles. The number of hydrogen-bond donors (Lipinski definition) is 1. The van der Waals surface area contributed by atoms with Crippen LogP contribution in [0.2, 0.25) is 0 Å². The van der Waals surface area contributed by atoms with Gasteiger partial charge in [0.2, 0.25) is 0 Å². The van der Waals surface area contributed by atoms with Gasteiger partial charge in [0, 0.05) is 11.3 Å². The van der Waals surface area contributed by atoms with Gasteiger partial charge in [0.15, 0.2) is 5.78 Å². The summed E-state index contributed by atoms with van der Waals surface area (Å²) in [5.41, 5.74) is 2.66. The Kier molecular flexibility index (Phi) is 3.03. The highest BCUT2D eigenvalue weighted by atomic mass is 16.1. The molecule has 1 aliphatic rings. The van der Waals surface area contributed by atoms with E-state index in [0.717, 1.165) is 36.9 Å². The summed E-state index contributed by atoms with van der Waals surface area (Å²) in [4.78, 5) is 27.2. The number of carbonyl (C=O) groups is 1. The maximum Gasteiger partial charge on any atom is 0.259 e. The van der Waals surface area contributed by atoms with Crippen LogP contribution in [0.5, 0.6) is 0 Å². The van der Waals surface area contributed by atoms with Crippen molar-refractivity contribution < 1.29 is 4.79 Å². The Morgan fingerprint density at radius 3 is 2.58 bits per heavy atom. The number of pyridine rings is 1. The fourth-order valence-corrected chi connectivity index (χ4v) is 2.59. The molecule has 0 saturated carbocycles. The van der Waals surface area contributed by atoms with Crippen LogP contribution in [0, 0.1) is 0 Å². The molecular formula is C16H15NO2. The number of ketones is 1. The second-order valence-corrected chi connectivity index (χ2v) is 4.92. The first kappa shape index (κ1) is 11.9. The fraction of sp³-hybridized carbons (Fsp3) is 0.250. The highest BCUT2D eigenvalue weighted by Crippen LogP contribution is 2.19. The molecule has 3 nitrogen and oxygen atoms in total. The first-order valence-corrected chi connectivity index (χ1v) is 6.60. The van der Waals surface area contributed by atoms with Crippen molar-refractivity contribution in [3.63, 3.8) is 0 Å². The summed E-state index contributed by atoms with van der Waals surface area (Å²) in [6.07, 6.45) is 4.08. The summed E-state index contributed by atoms with van der Waals surface area (Å²) < 4.78 is 0. The minimum Gasteiger partial charge on any atom is -0.325 e. The predicted octanol–water partition coefficient (Wildman–Crippen LogP) is 2.48. The Morgan fingerprint density at radius 1 is 1.05 bits per heavy atom. The molecular weight excluding hydrogens is 238 g/mol. The van der Waals surface area contributed by atoms with Gasteiger partial charge in [0.05, 0.1) is 5.56 Å². The van der Waals surface area contributed by atoms with Crippen LogP contribution >= 0.6 is 0 Å². The number of aryl methyl sites for hydroxylation is 2. The van der Waals surface area contributed by atoms with Gasteiger partial charge >= 0.3 is 0 Å². The summed E-state index contributed by atoms with van der Waals surface area (Å²) in [6, 6.07) is 10.7. The third-order valence-electron chi connectivity index (χ3n) is 3.62. The number of hydrogen-bond acceptors (Lipinski definition) is 2. The molecule has 0 saturated heterocycles. The molecule has 0 bridgehead atoms. The SMILES string of the molecule is O=C(c1ccccc1)c1cc2c([nH]c1=O)CCCC2. The number of benzene rings is 1. The van der Waals surface area contributed by atoms with E-state index in [1.54, 1.807) is 30.3 Å². The third-order valence-corrected chi connectivity index (χ3v) is 3.62. The van der Waals surface area contributed by atoms with Gasteiger partial charge in [-0.05, 0) is 37.3 Å². The number of carbonyl (C=O) groups excluding carboxylic acids is 1. The topological polar surface area (TPSA) is 49.9 Å². The first-order chi connectivity index (χ1) is 9.25. The molecule has 0 unspecified atom stereocenters. The first-order valence-electron chi connectivity index (χ1n) is 6.60. The number of nitrogens with one attached hydrogen (secondary N) is 1. The standard InChI is InChI=1S/C16H15NO2/c18-15(11-6-2-1-3-7-11)13-10-12-8-4-5-9-14(12)17-16(13)19/h1-3,6-7,10H,4-5,8-9H2,(H,17,19). The maximum absolute atomic E-state index is 12.3. The van der Waals surface area contributed by atoms with E-state index in [1.165, 1.54) is 0 Å². The number of aromatic nitrogens is 1. The maximum atomic E-state index is 12.3. The van der Waals surface area contributed by atoms with Gasteiger partial charge in [0.1, 0.15) is 0 Å². The Morgan fingerprint density at radius 2 is 1.79 bits per heavy atom. The zero-order valence-corrected chi connectivity index (χ0v) is 10.6. The van der Waals surface area contributed by atoms with E-state index in [1.807, 2.05) is 6.07 Å². The van der Waals surface area contributed by atoms with Gasteiger partial charge in [0.25, 0.3) is 5.56 Å². The number of rotatable bonds is 2. The van der Waals surface area contributed by atoms with E-state index in [-0.39, 0.29) is 16.9 Å². The van der Waals surface area contributed by atoms with E-state index in [2.05, 4.69) is 4.98 Å². The molecule has 2 aromatic rings. The molecule has 0 spiro atoms. The monoisotopic (exact) mass is 253 g/mol. The van der Waals surface area contributed by atoms with Crippen molar-refractivity contribution >= 4 is 5.78 Å². The Hall–Kier alpha value is -2.16. The summed E-state index contributed by atoms with van der Waals surface area (Å²) in [7, 11) is 0. The minimum absolute atomic E-state index is 0.199. The third kappa shape index (κ3) is 2.24. The van der Waals surface area contributed by atoms with Gasteiger partial charge in [-0.25, -0.2) is 0 Å². The number of fused-ring (bicyclic) bond motifs is 1. The van der Waals surface area contributed by atoms with Crippen LogP contribution in [0.1, 0.15) is 40.0 Å². The van der Waals surface area contributed by atoms with Crippen LogP contribution in [-0.2, 0) is 12.8 Å². The molecule has 0 fully saturated rings. The van der Waals surface area contributed by atoms with Crippen molar-refractivity contribution in [3.05, 3.63) is 69.1 Å². The van der Waals surface area contributed by atoms with Crippen molar-refractivity contribution in [2.24, 2.45) is 0 Å². The molecule has 1 aliphatic carbocycles. The lowest BCUT2D eigenvalue weighted by molar-refractivity contribution is 0.103. The van der Waals surface area contributed by atoms with Crippen molar-refractivity contribution in [2.45, 2.75) is 25.7 Å². The Balaban J connectivity index is 2.06. The van der Waals surface area contributed by atoms with Crippen molar-refractivity contribution in [3.8, 4) is 0 Å². The number of aromatic amines is 1.